The van der Waals surface area contributed by atoms with Gasteiger partial charge >= 0.3 is 0 Å². The molecular weight excluding hydrogens is 358 g/mol. The summed E-state index contributed by atoms with van der Waals surface area (Å²) in [6, 6.07) is 2.18. The topological polar surface area (TPSA) is 109 Å². The molecule has 2 heterocycles. The molecule has 2 N–H and O–H groups in total. The monoisotopic (exact) mass is 387 g/mol. The van der Waals surface area contributed by atoms with E-state index in [1.807, 2.05) is 13.8 Å². The minimum Gasteiger partial charge on any atom is -0.381 e. The fraction of sp³-hybridized carbons (Fsp3) is 0.700. The Morgan fingerprint density at radius 1 is 1.21 bits per heavy atom. The van der Waals surface area contributed by atoms with Gasteiger partial charge in [0.1, 0.15) is 11.1 Å². The SMILES string of the molecule is Cc1nn(C)c(C(=O)N[C@@H]2CCC[C@@H](NC(=O)C3(C#N)CCOCC3)C2)c1C. The molecule has 1 aromatic rings. The van der Waals surface area contributed by atoms with E-state index in [1.165, 1.54) is 0 Å². The molecule has 8 heteroatoms. The molecule has 1 aliphatic heterocycles. The summed E-state index contributed by atoms with van der Waals surface area (Å²) in [6.07, 6.45) is 4.20. The van der Waals surface area contributed by atoms with Crippen molar-refractivity contribution >= 4 is 11.8 Å². The van der Waals surface area contributed by atoms with Crippen LogP contribution in [0.25, 0.3) is 0 Å². The molecule has 1 saturated heterocycles. The highest BCUT2D eigenvalue weighted by Gasteiger charge is 2.41. The smallest absolute Gasteiger partial charge is 0.270 e. The van der Waals surface area contributed by atoms with Gasteiger partial charge in [-0.3, -0.25) is 14.3 Å². The summed E-state index contributed by atoms with van der Waals surface area (Å²) >= 11 is 0. The lowest BCUT2D eigenvalue weighted by molar-refractivity contribution is -0.133. The maximum Gasteiger partial charge on any atom is 0.270 e. The van der Waals surface area contributed by atoms with E-state index in [9.17, 15) is 14.9 Å². The van der Waals surface area contributed by atoms with Gasteiger partial charge in [0.05, 0.1) is 11.8 Å². The van der Waals surface area contributed by atoms with Crippen LogP contribution in [0.2, 0.25) is 0 Å². The van der Waals surface area contributed by atoms with Crippen LogP contribution in [0.3, 0.4) is 0 Å². The quantitative estimate of drug-likeness (QED) is 0.814. The largest absolute Gasteiger partial charge is 0.381 e. The number of hydrogen-bond acceptors (Lipinski definition) is 5. The van der Waals surface area contributed by atoms with Gasteiger partial charge in [0.15, 0.2) is 0 Å². The van der Waals surface area contributed by atoms with Crippen molar-refractivity contribution in [1.82, 2.24) is 20.4 Å². The predicted octanol–water partition coefficient (Wildman–Crippen LogP) is 1.51. The zero-order valence-electron chi connectivity index (χ0n) is 16.9. The van der Waals surface area contributed by atoms with E-state index in [0.717, 1.165) is 30.5 Å². The maximum atomic E-state index is 12.8. The molecule has 1 aliphatic carbocycles. The first kappa shape index (κ1) is 20.3. The lowest BCUT2D eigenvalue weighted by Crippen LogP contribution is -2.51. The summed E-state index contributed by atoms with van der Waals surface area (Å²) in [5.41, 5.74) is 1.32. The van der Waals surface area contributed by atoms with Crippen molar-refractivity contribution in [2.24, 2.45) is 12.5 Å². The molecule has 2 atom stereocenters. The van der Waals surface area contributed by atoms with Crippen molar-refractivity contribution in [3.8, 4) is 6.07 Å². The fourth-order valence-electron chi connectivity index (χ4n) is 4.22. The highest BCUT2D eigenvalue weighted by molar-refractivity contribution is 5.94. The molecule has 0 radical (unpaired) electrons. The van der Waals surface area contributed by atoms with Crippen molar-refractivity contribution in [2.45, 2.75) is 64.5 Å². The highest BCUT2D eigenvalue weighted by atomic mass is 16.5. The fourth-order valence-corrected chi connectivity index (χ4v) is 4.22. The molecule has 0 bridgehead atoms. The third kappa shape index (κ3) is 4.04. The number of amides is 2. The van der Waals surface area contributed by atoms with Crippen LogP contribution >= 0.6 is 0 Å². The Balaban J connectivity index is 1.60. The minimum absolute atomic E-state index is 0.00567. The second kappa shape index (κ2) is 8.31. The first-order chi connectivity index (χ1) is 13.4. The summed E-state index contributed by atoms with van der Waals surface area (Å²) in [4.78, 5) is 25.5. The number of ether oxygens (including phenoxy) is 1. The van der Waals surface area contributed by atoms with Crippen molar-refractivity contribution < 1.29 is 14.3 Å². The molecule has 2 aliphatic rings. The Morgan fingerprint density at radius 2 is 1.86 bits per heavy atom. The summed E-state index contributed by atoms with van der Waals surface area (Å²) in [7, 11) is 1.77. The van der Waals surface area contributed by atoms with Crippen LogP contribution in [0.4, 0.5) is 0 Å². The highest BCUT2D eigenvalue weighted by Crippen LogP contribution is 2.31. The number of aryl methyl sites for hydroxylation is 2. The Bertz CT molecular complexity index is 788. The van der Waals surface area contributed by atoms with E-state index in [-0.39, 0.29) is 23.9 Å². The number of nitrogens with zero attached hydrogens (tertiary/aromatic N) is 3. The van der Waals surface area contributed by atoms with Crippen LogP contribution in [0.5, 0.6) is 0 Å². The summed E-state index contributed by atoms with van der Waals surface area (Å²) in [5, 5.41) is 20.0. The minimum atomic E-state index is -0.988. The number of aromatic nitrogens is 2. The first-order valence-electron chi connectivity index (χ1n) is 9.97. The second-order valence-corrected chi connectivity index (χ2v) is 8.00. The number of carbonyl (C=O) groups excluding carboxylic acids is 2. The molecule has 1 aromatic heterocycles. The van der Waals surface area contributed by atoms with E-state index in [1.54, 1.807) is 11.7 Å². The molecule has 0 aromatic carbocycles. The Kier molecular flexibility index (Phi) is 6.04. The molecule has 28 heavy (non-hydrogen) atoms. The van der Waals surface area contributed by atoms with E-state index in [2.05, 4.69) is 21.8 Å². The standard InChI is InChI=1S/C20H29N5O3/c1-13-14(2)24-25(3)17(13)18(26)22-15-5-4-6-16(11-15)23-19(27)20(12-21)7-9-28-10-8-20/h15-16H,4-11H2,1-3H3,(H,22,26)(H,23,27)/t15-,16-/m1/s1. The van der Waals surface area contributed by atoms with E-state index in [0.29, 0.717) is 38.2 Å². The van der Waals surface area contributed by atoms with Gasteiger partial charge < -0.3 is 15.4 Å². The van der Waals surface area contributed by atoms with Gasteiger partial charge in [-0.25, -0.2) is 0 Å². The molecule has 0 unspecified atom stereocenters. The van der Waals surface area contributed by atoms with Gasteiger partial charge in [-0.1, -0.05) is 0 Å². The zero-order chi connectivity index (χ0) is 20.3. The summed E-state index contributed by atoms with van der Waals surface area (Å²) < 4.78 is 6.92. The van der Waals surface area contributed by atoms with Gasteiger partial charge in [0, 0.05) is 37.9 Å². The molecule has 0 spiro atoms. The Labute approximate surface area is 165 Å². The molecule has 3 rings (SSSR count). The van der Waals surface area contributed by atoms with E-state index in [4.69, 9.17) is 4.74 Å². The van der Waals surface area contributed by atoms with Crippen LogP contribution in [0, 0.1) is 30.6 Å². The van der Waals surface area contributed by atoms with Crippen molar-refractivity contribution in [3.63, 3.8) is 0 Å². The number of nitrogens with one attached hydrogen (secondary N) is 2. The predicted molar refractivity (Wildman–Crippen MR) is 102 cm³/mol. The molecule has 152 valence electrons. The third-order valence-corrected chi connectivity index (χ3v) is 6.08. The first-order valence-corrected chi connectivity index (χ1v) is 9.97. The van der Waals surface area contributed by atoms with Crippen molar-refractivity contribution in [1.29, 1.82) is 5.26 Å². The van der Waals surface area contributed by atoms with Gasteiger partial charge in [-0.2, -0.15) is 10.4 Å². The average Bonchev–Trinajstić information content (AvgIpc) is 2.94. The summed E-state index contributed by atoms with van der Waals surface area (Å²) in [5.74, 6) is -0.330. The van der Waals surface area contributed by atoms with Gasteiger partial charge in [0.2, 0.25) is 5.91 Å². The summed E-state index contributed by atoms with van der Waals surface area (Å²) in [6.45, 7) is 4.66. The molecule has 2 fully saturated rings. The Hall–Kier alpha value is -2.40. The molecule has 1 saturated carbocycles. The van der Waals surface area contributed by atoms with Crippen LogP contribution in [-0.2, 0) is 16.6 Å². The van der Waals surface area contributed by atoms with Crippen LogP contribution in [0.1, 0.15) is 60.3 Å². The van der Waals surface area contributed by atoms with Gasteiger partial charge in [0.25, 0.3) is 5.91 Å². The molecule has 8 nitrogen and oxygen atoms in total. The van der Waals surface area contributed by atoms with Crippen molar-refractivity contribution in [2.75, 3.05) is 13.2 Å². The Morgan fingerprint density at radius 3 is 2.43 bits per heavy atom. The van der Waals surface area contributed by atoms with Crippen LogP contribution in [-0.4, -0.2) is 46.9 Å². The number of hydrogen-bond donors (Lipinski definition) is 2. The van der Waals surface area contributed by atoms with E-state index >= 15 is 0 Å². The third-order valence-electron chi connectivity index (χ3n) is 6.08. The lowest BCUT2D eigenvalue weighted by Gasteiger charge is -2.34. The number of nitriles is 1. The maximum absolute atomic E-state index is 12.8. The van der Waals surface area contributed by atoms with Crippen LogP contribution in [0.15, 0.2) is 0 Å². The second-order valence-electron chi connectivity index (χ2n) is 8.00. The zero-order valence-corrected chi connectivity index (χ0v) is 16.9. The van der Waals surface area contributed by atoms with Gasteiger partial charge in [-0.15, -0.1) is 0 Å². The molecular formula is C20H29N5O3. The number of rotatable bonds is 4. The van der Waals surface area contributed by atoms with Crippen molar-refractivity contribution in [3.05, 3.63) is 17.0 Å². The molecule has 2 amide bonds. The van der Waals surface area contributed by atoms with E-state index < -0.39 is 5.41 Å². The van der Waals surface area contributed by atoms with Gasteiger partial charge in [-0.05, 0) is 52.4 Å². The number of carbonyl (C=O) groups is 2. The van der Waals surface area contributed by atoms with Crippen LogP contribution < -0.4 is 10.6 Å². The average molecular weight is 387 g/mol. The normalized spacial score (nSPS) is 24.2. The lowest BCUT2D eigenvalue weighted by atomic mass is 9.80.